The molecule has 5 rings (SSSR count). The predicted molar refractivity (Wildman–Crippen MR) is 160 cm³/mol. The monoisotopic (exact) mass is 590 g/mol. The molecule has 0 N–H and O–H groups in total. The van der Waals surface area contributed by atoms with Gasteiger partial charge in [-0.3, -0.25) is 9.59 Å². The summed E-state index contributed by atoms with van der Waals surface area (Å²) in [5.74, 6) is 0.454. The Morgan fingerprint density at radius 2 is 1.67 bits per heavy atom. The third-order valence-corrected chi connectivity index (χ3v) is 8.46. The van der Waals surface area contributed by atoms with E-state index in [9.17, 15) is 14.4 Å². The highest BCUT2D eigenvalue weighted by atomic mass is 32.2. The average molecular weight is 591 g/mol. The third-order valence-electron chi connectivity index (χ3n) is 7.57. The summed E-state index contributed by atoms with van der Waals surface area (Å²) in [6, 6.07) is 14.3. The van der Waals surface area contributed by atoms with Gasteiger partial charge in [-0.25, -0.2) is 9.79 Å². The van der Waals surface area contributed by atoms with Crippen molar-refractivity contribution in [2.45, 2.75) is 32.9 Å². The van der Waals surface area contributed by atoms with Crippen LogP contribution in [0.25, 0.3) is 0 Å². The number of benzene rings is 2. The van der Waals surface area contributed by atoms with Crippen molar-refractivity contribution in [1.82, 2.24) is 14.7 Å². The molecule has 10 nitrogen and oxygen atoms in total. The van der Waals surface area contributed by atoms with Crippen molar-refractivity contribution in [3.63, 3.8) is 0 Å². The molecule has 2 aromatic carbocycles. The minimum atomic E-state index is -0.672. The van der Waals surface area contributed by atoms with E-state index in [2.05, 4.69) is 0 Å². The fourth-order valence-corrected chi connectivity index (χ4v) is 6.35. The van der Waals surface area contributed by atoms with Crippen molar-refractivity contribution in [2.24, 2.45) is 4.99 Å². The number of ether oxygens (including phenoxy) is 3. The number of piperazine rings is 1. The molecule has 0 saturated carbocycles. The summed E-state index contributed by atoms with van der Waals surface area (Å²) in [7, 11) is 3.12. The van der Waals surface area contributed by atoms with E-state index in [1.807, 2.05) is 52.8 Å². The number of thioether (sulfide) groups is 1. The van der Waals surface area contributed by atoms with Gasteiger partial charge in [-0.2, -0.15) is 0 Å². The Morgan fingerprint density at radius 3 is 2.33 bits per heavy atom. The van der Waals surface area contributed by atoms with Crippen molar-refractivity contribution in [3.05, 3.63) is 82.0 Å². The van der Waals surface area contributed by atoms with E-state index >= 15 is 0 Å². The van der Waals surface area contributed by atoms with Gasteiger partial charge in [0, 0.05) is 44.4 Å². The number of hydrogen-bond acceptors (Lipinski definition) is 9. The second-order valence-electron chi connectivity index (χ2n) is 10.1. The predicted octanol–water partition coefficient (Wildman–Crippen LogP) is 4.10. The molecule has 0 aromatic heterocycles. The van der Waals surface area contributed by atoms with Crippen LogP contribution in [-0.4, -0.2) is 78.0 Å². The Kier molecular flexibility index (Phi) is 8.86. The zero-order valence-corrected chi connectivity index (χ0v) is 25.0. The fourth-order valence-electron chi connectivity index (χ4n) is 5.39. The summed E-state index contributed by atoms with van der Waals surface area (Å²) in [6.45, 7) is 5.41. The molecule has 0 bridgehead atoms. The lowest BCUT2D eigenvalue weighted by Crippen LogP contribution is -2.50. The normalized spacial score (nSPS) is 18.3. The first kappa shape index (κ1) is 29.2. The minimum Gasteiger partial charge on any atom is -0.493 e. The van der Waals surface area contributed by atoms with Crippen LogP contribution in [0.2, 0.25) is 0 Å². The molecule has 1 fully saturated rings. The second-order valence-corrected chi connectivity index (χ2v) is 10.9. The number of amides is 2. The van der Waals surface area contributed by atoms with Crippen LogP contribution in [0.15, 0.2) is 75.9 Å². The first-order valence-electron chi connectivity index (χ1n) is 13.7. The van der Waals surface area contributed by atoms with Gasteiger partial charge in [0.2, 0.25) is 11.8 Å². The third kappa shape index (κ3) is 5.87. The molecule has 2 aromatic rings. The van der Waals surface area contributed by atoms with Gasteiger partial charge in [0.05, 0.1) is 38.0 Å². The molecule has 11 heteroatoms. The molecule has 3 aliphatic rings. The molecular weight excluding hydrogens is 556 g/mol. The second kappa shape index (κ2) is 12.7. The van der Waals surface area contributed by atoms with Crippen LogP contribution in [0.4, 0.5) is 0 Å². The van der Waals surface area contributed by atoms with E-state index in [4.69, 9.17) is 19.2 Å². The number of methoxy groups -OCH3 is 2. The molecule has 2 amide bonds. The topological polar surface area (TPSA) is 101 Å². The lowest BCUT2D eigenvalue weighted by molar-refractivity contribution is -0.141. The fraction of sp³-hybridized carbons (Fsp3) is 0.355. The maximum Gasteiger partial charge on any atom is 0.338 e. The van der Waals surface area contributed by atoms with Crippen LogP contribution < -0.4 is 9.47 Å². The van der Waals surface area contributed by atoms with Crippen LogP contribution in [0, 0.1) is 0 Å². The first-order valence-corrected chi connectivity index (χ1v) is 14.6. The van der Waals surface area contributed by atoms with Crippen LogP contribution in [0.5, 0.6) is 11.5 Å². The van der Waals surface area contributed by atoms with Crippen molar-refractivity contribution >= 4 is 34.7 Å². The summed E-state index contributed by atoms with van der Waals surface area (Å²) in [6.07, 6.45) is 0.111. The van der Waals surface area contributed by atoms with Gasteiger partial charge in [-0.1, -0.05) is 54.2 Å². The number of carbonyl (C=O) groups excluding carboxylic acids is 3. The highest BCUT2D eigenvalue weighted by molar-refractivity contribution is 8.16. The summed E-state index contributed by atoms with van der Waals surface area (Å²) >= 11 is 1.41. The van der Waals surface area contributed by atoms with E-state index in [1.54, 1.807) is 43.9 Å². The highest BCUT2D eigenvalue weighted by Crippen LogP contribution is 2.48. The minimum absolute atomic E-state index is 0.00934. The molecule has 0 spiro atoms. The summed E-state index contributed by atoms with van der Waals surface area (Å²) in [5, 5.41) is 2.57. The van der Waals surface area contributed by atoms with Gasteiger partial charge in [-0.15, -0.1) is 0 Å². The summed E-state index contributed by atoms with van der Waals surface area (Å²) < 4.78 is 17.2. The first-order chi connectivity index (χ1) is 20.3. The largest absolute Gasteiger partial charge is 0.493 e. The molecule has 1 unspecified atom stereocenters. The van der Waals surface area contributed by atoms with Gasteiger partial charge >= 0.3 is 5.97 Å². The van der Waals surface area contributed by atoms with Crippen molar-refractivity contribution in [1.29, 1.82) is 0 Å². The van der Waals surface area contributed by atoms with E-state index in [-0.39, 0.29) is 24.8 Å². The van der Waals surface area contributed by atoms with Crippen molar-refractivity contribution in [3.8, 4) is 11.5 Å². The maximum absolute atomic E-state index is 13.8. The Bertz CT molecular complexity index is 1460. The number of esters is 1. The molecule has 0 aliphatic carbocycles. The van der Waals surface area contributed by atoms with Crippen LogP contribution in [0.3, 0.4) is 0 Å². The van der Waals surface area contributed by atoms with Crippen LogP contribution >= 0.6 is 11.8 Å². The van der Waals surface area contributed by atoms with Crippen molar-refractivity contribution in [2.75, 3.05) is 40.4 Å². The Morgan fingerprint density at radius 1 is 0.952 bits per heavy atom. The SMILES string of the molecule is COc1cccc(C2C(C(=O)OCc3ccccc3)=C(C)N=C3SC=C(CC(=O)N4CCN(C(C)=O)CC4)N32)c1OC. The Balaban J connectivity index is 1.47. The Hall–Kier alpha value is -4.25. The lowest BCUT2D eigenvalue weighted by Gasteiger charge is -2.38. The van der Waals surface area contributed by atoms with Gasteiger partial charge in [0.15, 0.2) is 16.7 Å². The smallest absolute Gasteiger partial charge is 0.338 e. The molecule has 3 heterocycles. The van der Waals surface area contributed by atoms with Gasteiger partial charge in [-0.05, 0) is 24.0 Å². The number of carbonyl (C=O) groups is 3. The zero-order chi connectivity index (χ0) is 29.8. The van der Waals surface area contributed by atoms with E-state index in [1.165, 1.54) is 11.8 Å². The lowest BCUT2D eigenvalue weighted by atomic mass is 9.92. The molecular formula is C31H34N4O6S. The average Bonchev–Trinajstić information content (AvgIpc) is 3.40. The summed E-state index contributed by atoms with van der Waals surface area (Å²) in [4.78, 5) is 49.2. The number of fused-ring (bicyclic) bond motifs is 1. The molecule has 0 radical (unpaired) electrons. The molecule has 42 heavy (non-hydrogen) atoms. The van der Waals surface area contributed by atoms with Crippen LogP contribution in [-0.2, 0) is 25.7 Å². The molecule has 1 saturated heterocycles. The zero-order valence-electron chi connectivity index (χ0n) is 24.2. The molecule has 1 atom stereocenters. The number of rotatable bonds is 8. The van der Waals surface area contributed by atoms with Gasteiger partial charge in [0.25, 0.3) is 0 Å². The van der Waals surface area contributed by atoms with Gasteiger partial charge in [0.1, 0.15) is 6.61 Å². The van der Waals surface area contributed by atoms with Gasteiger partial charge < -0.3 is 28.9 Å². The number of amidine groups is 1. The van der Waals surface area contributed by atoms with E-state index in [0.717, 1.165) is 5.56 Å². The number of aliphatic imine (C=N–C) groups is 1. The number of para-hydroxylation sites is 1. The maximum atomic E-state index is 13.8. The van der Waals surface area contributed by atoms with Crippen LogP contribution in [0.1, 0.15) is 37.4 Å². The standard InChI is InChI=1S/C31H34N4O6S/c1-20-27(30(38)41-18-22-9-6-5-7-10-22)28(24-11-8-12-25(39-3)29(24)40-4)35-23(19-42-31(35)32-20)17-26(37)34-15-13-33(14-16-34)21(2)36/h5-12,19,28H,13-18H2,1-4H3. The number of hydrogen-bond donors (Lipinski definition) is 0. The highest BCUT2D eigenvalue weighted by Gasteiger charge is 2.43. The number of allylic oxidation sites excluding steroid dienone is 1. The quantitative estimate of drug-likeness (QED) is 0.424. The molecule has 220 valence electrons. The molecule has 3 aliphatic heterocycles. The summed E-state index contributed by atoms with van der Waals surface area (Å²) in [5.41, 5.74) is 3.16. The Labute approximate surface area is 249 Å². The number of nitrogens with zero attached hydrogens (tertiary/aromatic N) is 4. The van der Waals surface area contributed by atoms with Crippen molar-refractivity contribution < 1.29 is 28.6 Å². The van der Waals surface area contributed by atoms with E-state index in [0.29, 0.717) is 65.4 Å². The van der Waals surface area contributed by atoms with E-state index < -0.39 is 12.0 Å².